The van der Waals surface area contributed by atoms with Crippen molar-refractivity contribution in [3.8, 4) is 5.88 Å². The average Bonchev–Trinajstić information content (AvgIpc) is 2.88. The van der Waals surface area contributed by atoms with Crippen LogP contribution in [0, 0.1) is 0 Å². The van der Waals surface area contributed by atoms with Gasteiger partial charge in [0.1, 0.15) is 6.61 Å². The predicted molar refractivity (Wildman–Crippen MR) is 167 cm³/mol. The zero-order valence-electron chi connectivity index (χ0n) is 25.7. The zero-order chi connectivity index (χ0) is 29.6. The van der Waals surface area contributed by atoms with Crippen LogP contribution in [0.3, 0.4) is 0 Å². The second-order valence-electron chi connectivity index (χ2n) is 13.4. The normalized spacial score (nSPS) is 16.2. The molecule has 0 atom stereocenters. The number of pyridine rings is 1. The maximum absolute atomic E-state index is 13.5. The monoisotopic (exact) mass is 561 g/mol. The van der Waals surface area contributed by atoms with E-state index in [1.54, 1.807) is 6.07 Å². The molecule has 0 fully saturated rings. The van der Waals surface area contributed by atoms with Crippen molar-refractivity contribution in [1.29, 1.82) is 0 Å². The molecule has 216 valence electrons. The predicted octanol–water partition coefficient (Wildman–Crippen LogP) is 8.90. The van der Waals surface area contributed by atoms with Crippen molar-refractivity contribution in [1.82, 2.24) is 4.98 Å². The number of allylic oxidation sites excluding steroid dienone is 2. The fourth-order valence-electron chi connectivity index (χ4n) is 4.90. The lowest BCUT2D eigenvalue weighted by molar-refractivity contribution is 0.0549. The van der Waals surface area contributed by atoms with E-state index in [4.69, 9.17) is 9.47 Å². The van der Waals surface area contributed by atoms with E-state index >= 15 is 0 Å². The summed E-state index contributed by atoms with van der Waals surface area (Å²) in [5, 5.41) is 0. The third kappa shape index (κ3) is 8.50. The van der Waals surface area contributed by atoms with Gasteiger partial charge in [-0.1, -0.05) is 97.5 Å². The third-order valence-electron chi connectivity index (χ3n) is 7.64. The van der Waals surface area contributed by atoms with Crippen molar-refractivity contribution in [2.45, 2.75) is 103 Å². The summed E-state index contributed by atoms with van der Waals surface area (Å²) in [6.45, 7) is 18.3. The molecule has 1 aliphatic rings. The van der Waals surface area contributed by atoms with Gasteiger partial charge in [-0.05, 0) is 65.0 Å². The quantitative estimate of drug-likeness (QED) is 0.119. The number of unbranched alkanes of at least 4 members (excludes halogenated alkanes) is 2. The van der Waals surface area contributed by atoms with Crippen molar-refractivity contribution < 1.29 is 19.1 Å². The van der Waals surface area contributed by atoms with E-state index in [0.29, 0.717) is 11.1 Å². The van der Waals surface area contributed by atoms with Gasteiger partial charge >= 0.3 is 11.9 Å². The second-order valence-corrected chi connectivity index (χ2v) is 18.9. The molecule has 1 aromatic heterocycles. The van der Waals surface area contributed by atoms with Gasteiger partial charge in [0.05, 0.1) is 11.1 Å². The van der Waals surface area contributed by atoms with Crippen molar-refractivity contribution in [2.24, 2.45) is 0 Å². The van der Waals surface area contributed by atoms with Gasteiger partial charge in [0.15, 0.2) is 0 Å². The Morgan fingerprint density at radius 1 is 0.950 bits per heavy atom. The lowest BCUT2D eigenvalue weighted by Gasteiger charge is -2.42. The summed E-state index contributed by atoms with van der Waals surface area (Å²) in [6, 6.07) is 8.37. The van der Waals surface area contributed by atoms with Crippen LogP contribution >= 0.6 is 0 Å². The summed E-state index contributed by atoms with van der Waals surface area (Å²) >= 11 is 0. The minimum absolute atomic E-state index is 0.0333. The number of benzene rings is 1. The molecule has 0 unspecified atom stereocenters. The average molecular weight is 562 g/mol. The molecule has 2 aromatic rings. The van der Waals surface area contributed by atoms with Crippen molar-refractivity contribution in [3.05, 3.63) is 76.5 Å². The van der Waals surface area contributed by atoms with Crippen molar-refractivity contribution in [2.75, 3.05) is 6.61 Å². The van der Waals surface area contributed by atoms with Crippen LogP contribution < -0.4 is 4.74 Å². The molecule has 0 saturated heterocycles. The number of aromatic nitrogens is 1. The van der Waals surface area contributed by atoms with Gasteiger partial charge in [-0.15, -0.1) is 0 Å². The molecule has 1 aromatic carbocycles. The van der Waals surface area contributed by atoms with Crippen LogP contribution in [0.15, 0.2) is 48.7 Å². The van der Waals surface area contributed by atoms with E-state index in [1.165, 1.54) is 23.4 Å². The van der Waals surface area contributed by atoms with Gasteiger partial charge in [-0.25, -0.2) is 14.6 Å². The van der Waals surface area contributed by atoms with Crippen LogP contribution in [-0.4, -0.2) is 31.6 Å². The molecule has 0 radical (unpaired) electrons. The van der Waals surface area contributed by atoms with E-state index in [-0.39, 0.29) is 23.3 Å². The Balaban J connectivity index is 1.79. The Bertz CT molecular complexity index is 1250. The molecule has 6 heteroatoms. The molecule has 0 N–H and O–H groups in total. The fraction of sp³-hybridized carbons (Fsp3) is 0.500. The first-order chi connectivity index (χ1) is 18.7. The first kappa shape index (κ1) is 31.5. The van der Waals surface area contributed by atoms with E-state index in [9.17, 15) is 9.59 Å². The Hall–Kier alpha value is -2.99. The van der Waals surface area contributed by atoms with Gasteiger partial charge in [0.25, 0.3) is 0 Å². The highest BCUT2D eigenvalue weighted by Crippen LogP contribution is 2.46. The van der Waals surface area contributed by atoms with Gasteiger partial charge < -0.3 is 9.47 Å². The summed E-state index contributed by atoms with van der Waals surface area (Å²) in [6.07, 6.45) is 14.9. The molecular formula is C34H47NO4Si. The molecular weight excluding hydrogens is 514 g/mol. The van der Waals surface area contributed by atoms with Crippen molar-refractivity contribution >= 4 is 26.1 Å². The summed E-state index contributed by atoms with van der Waals surface area (Å²) < 4.78 is 11.0. The first-order valence-electron chi connectivity index (χ1n) is 14.6. The van der Waals surface area contributed by atoms with Crippen LogP contribution in [-0.2, 0) is 15.6 Å². The lowest BCUT2D eigenvalue weighted by atomic mass is 9.62. The van der Waals surface area contributed by atoms with Crippen LogP contribution in [0.2, 0.25) is 25.7 Å². The molecule has 1 heterocycles. The van der Waals surface area contributed by atoms with Gasteiger partial charge in [-0.2, -0.15) is 0 Å². The molecule has 0 spiro atoms. The number of ether oxygens (including phenoxy) is 2. The minimum atomic E-state index is -1.16. The molecule has 0 bridgehead atoms. The number of hydrogen-bond acceptors (Lipinski definition) is 5. The molecule has 1 aliphatic carbocycles. The number of nitrogens with zero attached hydrogens (tertiary/aromatic N) is 1. The second kappa shape index (κ2) is 13.1. The van der Waals surface area contributed by atoms with Gasteiger partial charge in [-0.3, -0.25) is 0 Å². The summed E-state index contributed by atoms with van der Waals surface area (Å²) in [5.41, 5.74) is 4.22. The third-order valence-corrected chi connectivity index (χ3v) is 9.10. The Morgan fingerprint density at radius 2 is 1.62 bits per heavy atom. The van der Waals surface area contributed by atoms with E-state index in [0.717, 1.165) is 43.7 Å². The Morgan fingerprint density at radius 3 is 2.23 bits per heavy atom. The number of hydrogen-bond donors (Lipinski definition) is 0. The highest BCUT2D eigenvalue weighted by Gasteiger charge is 2.38. The maximum Gasteiger partial charge on any atom is 0.345 e. The van der Waals surface area contributed by atoms with Crippen LogP contribution in [0.5, 0.6) is 5.88 Å². The summed E-state index contributed by atoms with van der Waals surface area (Å²) in [7, 11) is -1.16. The molecule has 0 aliphatic heterocycles. The van der Waals surface area contributed by atoms with Crippen LogP contribution in [0.4, 0.5) is 0 Å². The summed E-state index contributed by atoms with van der Waals surface area (Å²) in [4.78, 5) is 30.1. The number of rotatable bonds is 11. The highest BCUT2D eigenvalue weighted by atomic mass is 28.3. The number of esters is 2. The Kier molecular flexibility index (Phi) is 10.3. The van der Waals surface area contributed by atoms with Gasteiger partial charge in [0.2, 0.25) is 5.88 Å². The number of carbonyl (C=O) groups is 2. The van der Waals surface area contributed by atoms with Gasteiger partial charge in [0, 0.05) is 20.3 Å². The topological polar surface area (TPSA) is 65.5 Å². The van der Waals surface area contributed by atoms with E-state index in [1.807, 2.05) is 12.1 Å². The minimum Gasteiger partial charge on any atom is -0.458 e. The molecule has 3 rings (SSSR count). The molecule has 0 amide bonds. The smallest absolute Gasteiger partial charge is 0.345 e. The standard InChI is InChI=1S/C34H47NO4Si/c1-9-10-11-12-15-25-22-28-29(34(4,5)19-18-33(28,2)3)23-27(25)32(37)39-30-17-16-26(24-35-30)31(36)38-20-13-14-21-40(6,7)8/h12-17,22-24H,9-11,18-21H2,1-8H3. The van der Waals surface area contributed by atoms with Crippen molar-refractivity contribution in [3.63, 3.8) is 0 Å². The molecule has 5 nitrogen and oxygen atoms in total. The maximum atomic E-state index is 13.5. The largest absolute Gasteiger partial charge is 0.458 e. The zero-order valence-corrected chi connectivity index (χ0v) is 26.7. The van der Waals surface area contributed by atoms with E-state index in [2.05, 4.69) is 83.5 Å². The number of fused-ring (bicyclic) bond motifs is 1. The first-order valence-corrected chi connectivity index (χ1v) is 18.3. The highest BCUT2D eigenvalue weighted by molar-refractivity contribution is 6.76. The van der Waals surface area contributed by atoms with Crippen LogP contribution in [0.25, 0.3) is 6.08 Å². The van der Waals surface area contributed by atoms with Crippen LogP contribution in [0.1, 0.15) is 104 Å². The van der Waals surface area contributed by atoms with E-state index < -0.39 is 20.0 Å². The number of carbonyl (C=O) groups excluding carboxylic acids is 2. The molecule has 40 heavy (non-hydrogen) atoms. The Labute approximate surface area is 242 Å². The SMILES string of the molecule is CCCCC=Cc1cc2c(cc1C(=O)Oc1ccc(C(=O)OCC=CC[Si](C)(C)C)cn1)C(C)(C)CCC2(C)C. The fourth-order valence-corrected chi connectivity index (χ4v) is 5.77. The summed E-state index contributed by atoms with van der Waals surface area (Å²) in [5.74, 6) is -0.760. The lowest BCUT2D eigenvalue weighted by Crippen LogP contribution is -2.34. The molecule has 0 saturated carbocycles.